The molecule has 0 saturated carbocycles. The molecule has 0 heterocycles. The molecule has 2 nitrogen and oxygen atoms in total. The molecule has 0 fully saturated rings. The van der Waals surface area contributed by atoms with Crippen molar-refractivity contribution in [2.24, 2.45) is 11.5 Å². The molecule has 0 amide bonds. The Morgan fingerprint density at radius 3 is 2.29 bits per heavy atom. The van der Waals surface area contributed by atoms with E-state index in [1.54, 1.807) is 0 Å². The molecule has 0 rings (SSSR count). The van der Waals surface area contributed by atoms with Crippen LogP contribution in [0.1, 0.15) is 6.42 Å². The summed E-state index contributed by atoms with van der Waals surface area (Å²) in [7, 11) is 0. The van der Waals surface area contributed by atoms with Gasteiger partial charge >= 0.3 is 0 Å². The Morgan fingerprint density at radius 1 is 1.14 bits per heavy atom. The minimum atomic E-state index is 0.625. The zero-order valence-corrected chi connectivity index (χ0v) is 4.43. The van der Waals surface area contributed by atoms with Crippen LogP contribution in [-0.2, 0) is 0 Å². The molecule has 0 saturated heterocycles. The number of hydrogen-bond acceptors (Lipinski definition) is 2. The van der Waals surface area contributed by atoms with E-state index in [0.29, 0.717) is 6.54 Å². The lowest BCUT2D eigenvalue weighted by Gasteiger charge is -1.80. The predicted molar refractivity (Wildman–Crippen MR) is 31.9 cm³/mol. The van der Waals surface area contributed by atoms with Crippen molar-refractivity contribution in [2.45, 2.75) is 6.42 Å². The van der Waals surface area contributed by atoms with Crippen LogP contribution in [0.5, 0.6) is 0 Å². The van der Waals surface area contributed by atoms with Gasteiger partial charge in [-0.2, -0.15) is 0 Å². The number of rotatable bonds is 3. The lowest BCUT2D eigenvalue weighted by molar-refractivity contribution is 1.00. The minimum absolute atomic E-state index is 0.625. The summed E-state index contributed by atoms with van der Waals surface area (Å²) in [5.74, 6) is 0. The second kappa shape index (κ2) is 5.66. The van der Waals surface area contributed by atoms with E-state index in [4.69, 9.17) is 11.5 Å². The van der Waals surface area contributed by atoms with Gasteiger partial charge < -0.3 is 11.5 Å². The fraction of sp³-hybridized carbons (Fsp3) is 0.600. The van der Waals surface area contributed by atoms with Gasteiger partial charge in [-0.1, -0.05) is 12.2 Å². The first-order valence-corrected chi connectivity index (χ1v) is 2.47. The predicted octanol–water partition coefficient (Wildman–Crippen LogP) is -0.150. The molecule has 0 aromatic carbocycles. The topological polar surface area (TPSA) is 52.0 Å². The van der Waals surface area contributed by atoms with Gasteiger partial charge in [-0.25, -0.2) is 0 Å². The normalized spacial score (nSPS) is 10.6. The van der Waals surface area contributed by atoms with Gasteiger partial charge in [0.2, 0.25) is 0 Å². The van der Waals surface area contributed by atoms with E-state index in [9.17, 15) is 0 Å². The molecule has 4 N–H and O–H groups in total. The van der Waals surface area contributed by atoms with Gasteiger partial charge in [0.05, 0.1) is 0 Å². The molecule has 2 heteroatoms. The van der Waals surface area contributed by atoms with E-state index in [-0.39, 0.29) is 0 Å². The third-order valence-corrected chi connectivity index (χ3v) is 0.636. The molecule has 0 radical (unpaired) electrons. The lowest BCUT2D eigenvalue weighted by Crippen LogP contribution is -1.97. The highest BCUT2D eigenvalue weighted by Gasteiger charge is 1.67. The van der Waals surface area contributed by atoms with Crippen LogP contribution >= 0.6 is 0 Å². The Kier molecular flexibility index (Phi) is 5.39. The monoisotopic (exact) mass is 100 g/mol. The van der Waals surface area contributed by atoms with Crippen molar-refractivity contribution in [2.75, 3.05) is 13.1 Å². The lowest BCUT2D eigenvalue weighted by atomic mass is 10.4. The zero-order valence-electron chi connectivity index (χ0n) is 4.43. The van der Waals surface area contributed by atoms with Crippen LogP contribution in [-0.4, -0.2) is 13.1 Å². The van der Waals surface area contributed by atoms with E-state index in [1.807, 2.05) is 12.2 Å². The molecular weight excluding hydrogens is 88.1 g/mol. The van der Waals surface area contributed by atoms with E-state index >= 15 is 0 Å². The van der Waals surface area contributed by atoms with Crippen LogP contribution in [0.2, 0.25) is 0 Å². The first-order valence-electron chi connectivity index (χ1n) is 2.47. The van der Waals surface area contributed by atoms with Gasteiger partial charge in [-0.3, -0.25) is 0 Å². The molecule has 0 unspecified atom stereocenters. The molecule has 42 valence electrons. The van der Waals surface area contributed by atoms with E-state index in [0.717, 1.165) is 13.0 Å². The van der Waals surface area contributed by atoms with Crippen LogP contribution in [0.25, 0.3) is 0 Å². The molecule has 0 atom stereocenters. The first-order chi connectivity index (χ1) is 3.41. The Labute approximate surface area is 44.2 Å². The number of hydrogen-bond donors (Lipinski definition) is 2. The summed E-state index contributed by atoms with van der Waals surface area (Å²) in [6.07, 6.45) is 4.84. The van der Waals surface area contributed by atoms with Crippen LogP contribution in [0.3, 0.4) is 0 Å². The van der Waals surface area contributed by atoms with Crippen molar-refractivity contribution >= 4 is 0 Å². The average molecular weight is 100 g/mol. The maximum absolute atomic E-state index is 5.18. The van der Waals surface area contributed by atoms with Gasteiger partial charge in [0, 0.05) is 6.54 Å². The third-order valence-electron chi connectivity index (χ3n) is 0.636. The highest BCUT2D eigenvalue weighted by Crippen LogP contribution is 1.74. The second-order valence-electron chi connectivity index (χ2n) is 1.28. The van der Waals surface area contributed by atoms with Crippen LogP contribution in [0.15, 0.2) is 12.2 Å². The van der Waals surface area contributed by atoms with Crippen molar-refractivity contribution < 1.29 is 0 Å². The summed E-state index contributed by atoms with van der Waals surface area (Å²) in [5.41, 5.74) is 10.3. The fourth-order valence-corrected chi connectivity index (χ4v) is 0.310. The van der Waals surface area contributed by atoms with Crippen LogP contribution in [0.4, 0.5) is 0 Å². The van der Waals surface area contributed by atoms with E-state index < -0.39 is 0 Å². The average Bonchev–Trinajstić information content (AvgIpc) is 1.69. The molecule has 0 aromatic heterocycles. The van der Waals surface area contributed by atoms with Crippen molar-refractivity contribution in [3.63, 3.8) is 0 Å². The number of nitrogens with two attached hydrogens (primary N) is 2. The largest absolute Gasteiger partial charge is 0.330 e. The fourth-order valence-electron chi connectivity index (χ4n) is 0.310. The summed E-state index contributed by atoms with van der Waals surface area (Å²) in [4.78, 5) is 0. The van der Waals surface area contributed by atoms with E-state index in [1.165, 1.54) is 0 Å². The molecule has 0 aromatic rings. The van der Waals surface area contributed by atoms with Crippen molar-refractivity contribution in [1.82, 2.24) is 0 Å². The van der Waals surface area contributed by atoms with Gasteiger partial charge in [-0.05, 0) is 13.0 Å². The summed E-state index contributed by atoms with van der Waals surface area (Å²) < 4.78 is 0. The standard InChI is InChI=1S/C5H12N2/c6-4-2-1-3-5-7/h1-2H,3-7H2. The highest BCUT2D eigenvalue weighted by molar-refractivity contribution is 4.81. The summed E-state index contributed by atoms with van der Waals surface area (Å²) in [6.45, 7) is 1.34. The van der Waals surface area contributed by atoms with Crippen molar-refractivity contribution in [3.8, 4) is 0 Å². The maximum atomic E-state index is 5.18. The summed E-state index contributed by atoms with van der Waals surface area (Å²) in [6, 6.07) is 0. The molecule has 0 aliphatic heterocycles. The van der Waals surface area contributed by atoms with E-state index in [2.05, 4.69) is 0 Å². The highest BCUT2D eigenvalue weighted by atomic mass is 14.5. The van der Waals surface area contributed by atoms with Gasteiger partial charge in [0.15, 0.2) is 0 Å². The molecule has 0 spiro atoms. The quantitative estimate of drug-likeness (QED) is 0.484. The van der Waals surface area contributed by atoms with Crippen molar-refractivity contribution in [3.05, 3.63) is 12.2 Å². The van der Waals surface area contributed by atoms with Crippen molar-refractivity contribution in [1.29, 1.82) is 0 Å². The Balaban J connectivity index is 2.78. The maximum Gasteiger partial charge on any atom is 0.0106 e. The molecule has 7 heavy (non-hydrogen) atoms. The smallest absolute Gasteiger partial charge is 0.0106 e. The second-order valence-corrected chi connectivity index (χ2v) is 1.28. The van der Waals surface area contributed by atoms with Gasteiger partial charge in [0.25, 0.3) is 0 Å². The van der Waals surface area contributed by atoms with Crippen LogP contribution < -0.4 is 11.5 Å². The Hall–Kier alpha value is -0.340. The van der Waals surface area contributed by atoms with Gasteiger partial charge in [0.1, 0.15) is 0 Å². The molecule has 0 aliphatic rings. The van der Waals surface area contributed by atoms with Crippen LogP contribution in [0, 0.1) is 0 Å². The molecular formula is C5H12N2. The molecule has 0 aliphatic carbocycles. The Morgan fingerprint density at radius 2 is 1.86 bits per heavy atom. The molecule has 0 bridgehead atoms. The summed E-state index contributed by atoms with van der Waals surface area (Å²) >= 11 is 0. The zero-order chi connectivity index (χ0) is 5.54. The Bertz CT molecular complexity index is 50.0. The third kappa shape index (κ3) is 5.66. The first kappa shape index (κ1) is 6.66. The SMILES string of the molecule is NCC=CCCN. The van der Waals surface area contributed by atoms with Gasteiger partial charge in [-0.15, -0.1) is 0 Å². The minimum Gasteiger partial charge on any atom is -0.330 e. The summed E-state index contributed by atoms with van der Waals surface area (Å²) in [5, 5.41) is 0.